The van der Waals surface area contributed by atoms with Gasteiger partial charge in [-0.15, -0.1) is 5.10 Å². The highest BCUT2D eigenvalue weighted by Gasteiger charge is 2.35. The molecule has 6 rings (SSSR count). The lowest BCUT2D eigenvalue weighted by Gasteiger charge is -2.29. The summed E-state index contributed by atoms with van der Waals surface area (Å²) >= 11 is 0. The summed E-state index contributed by atoms with van der Waals surface area (Å²) in [4.78, 5) is 22.8. The number of carbonyl (C=O) groups is 1. The van der Waals surface area contributed by atoms with E-state index >= 15 is 0 Å². The van der Waals surface area contributed by atoms with Crippen molar-refractivity contribution < 1.29 is 14.3 Å². The number of methoxy groups -OCH3 is 1. The summed E-state index contributed by atoms with van der Waals surface area (Å²) in [6.45, 7) is 4.29. The molecule has 9 nitrogen and oxygen atoms in total. The van der Waals surface area contributed by atoms with Crippen molar-refractivity contribution in [2.24, 2.45) is 0 Å². The summed E-state index contributed by atoms with van der Waals surface area (Å²) in [6.07, 6.45) is 3.27. The maximum Gasteiger partial charge on any atom is 0.255 e. The fraction of sp³-hybridized carbons (Fsp3) is 0.161. The summed E-state index contributed by atoms with van der Waals surface area (Å²) in [6, 6.07) is 22.9. The van der Waals surface area contributed by atoms with E-state index in [2.05, 4.69) is 33.8 Å². The lowest BCUT2D eigenvalue weighted by molar-refractivity contribution is -0.113. The number of amides is 1. The van der Waals surface area contributed by atoms with Crippen molar-refractivity contribution in [1.29, 1.82) is 0 Å². The Morgan fingerprint density at radius 3 is 2.70 bits per heavy atom. The average molecular weight is 533 g/mol. The molecule has 9 heteroatoms. The molecule has 0 saturated carbocycles. The van der Waals surface area contributed by atoms with Crippen molar-refractivity contribution in [3.8, 4) is 22.9 Å². The van der Waals surface area contributed by atoms with Gasteiger partial charge in [0, 0.05) is 17.5 Å². The van der Waals surface area contributed by atoms with E-state index in [1.165, 1.54) is 0 Å². The van der Waals surface area contributed by atoms with Crippen molar-refractivity contribution in [3.05, 3.63) is 102 Å². The van der Waals surface area contributed by atoms with Gasteiger partial charge in [-0.05, 0) is 54.4 Å². The Morgan fingerprint density at radius 1 is 1.05 bits per heavy atom. The van der Waals surface area contributed by atoms with Gasteiger partial charge in [-0.3, -0.25) is 9.78 Å². The molecule has 0 aliphatic carbocycles. The van der Waals surface area contributed by atoms with Crippen LogP contribution >= 0.6 is 0 Å². The third-order valence-electron chi connectivity index (χ3n) is 6.85. The number of hydrogen-bond donors (Lipinski definition) is 2. The maximum atomic E-state index is 13.8. The number of rotatable bonds is 7. The number of fused-ring (bicyclic) bond motifs is 2. The first-order valence-electron chi connectivity index (χ1n) is 13.0. The minimum atomic E-state index is -0.589. The molecule has 1 aliphatic rings. The highest BCUT2D eigenvalue weighted by molar-refractivity contribution is 6.06. The van der Waals surface area contributed by atoms with Crippen molar-refractivity contribution in [1.82, 2.24) is 19.7 Å². The molecule has 2 aromatic heterocycles. The summed E-state index contributed by atoms with van der Waals surface area (Å²) in [5.74, 6) is 2.02. The van der Waals surface area contributed by atoms with Gasteiger partial charge in [-0.1, -0.05) is 48.5 Å². The van der Waals surface area contributed by atoms with Gasteiger partial charge >= 0.3 is 0 Å². The Hall–Kier alpha value is -5.18. The van der Waals surface area contributed by atoms with E-state index in [9.17, 15) is 4.79 Å². The molecule has 200 valence electrons. The SMILES string of the molecule is CCOc1ccc(C2C(C(=O)Nc3cccnc3)=C(C)Nc3nc(-c4cccc5ccccc45)nn32)cc1OC. The minimum Gasteiger partial charge on any atom is -0.493 e. The second kappa shape index (κ2) is 10.5. The van der Waals surface area contributed by atoms with Crippen LogP contribution in [0.4, 0.5) is 11.6 Å². The minimum absolute atomic E-state index is 0.274. The molecular formula is C31H28N6O3. The van der Waals surface area contributed by atoms with E-state index in [0.717, 1.165) is 21.9 Å². The van der Waals surface area contributed by atoms with Crippen LogP contribution in [0.2, 0.25) is 0 Å². The smallest absolute Gasteiger partial charge is 0.255 e. The first-order chi connectivity index (χ1) is 19.6. The molecule has 0 radical (unpaired) electrons. The van der Waals surface area contributed by atoms with E-state index in [1.54, 1.807) is 36.3 Å². The lowest BCUT2D eigenvalue weighted by Crippen LogP contribution is -2.31. The van der Waals surface area contributed by atoms with E-state index in [1.807, 2.05) is 56.3 Å². The quantitative estimate of drug-likeness (QED) is 0.272. The molecule has 3 heterocycles. The van der Waals surface area contributed by atoms with Gasteiger partial charge in [0.2, 0.25) is 5.95 Å². The lowest BCUT2D eigenvalue weighted by atomic mass is 9.94. The second-order valence-corrected chi connectivity index (χ2v) is 9.34. The number of ether oxygens (including phenoxy) is 2. The van der Waals surface area contributed by atoms with Crippen LogP contribution < -0.4 is 20.1 Å². The van der Waals surface area contributed by atoms with Gasteiger partial charge in [-0.25, -0.2) is 4.68 Å². The Balaban J connectivity index is 1.50. The second-order valence-electron chi connectivity index (χ2n) is 9.34. The molecule has 1 unspecified atom stereocenters. The van der Waals surface area contributed by atoms with E-state index in [-0.39, 0.29) is 5.91 Å². The van der Waals surface area contributed by atoms with Crippen LogP contribution in [0.5, 0.6) is 11.5 Å². The third kappa shape index (κ3) is 4.51. The number of benzene rings is 3. The Kier molecular flexibility index (Phi) is 6.61. The summed E-state index contributed by atoms with van der Waals surface area (Å²) in [7, 11) is 1.60. The molecule has 0 fully saturated rings. The monoisotopic (exact) mass is 532 g/mol. The molecule has 0 saturated heterocycles. The normalized spacial score (nSPS) is 14.4. The third-order valence-corrected chi connectivity index (χ3v) is 6.85. The van der Waals surface area contributed by atoms with Crippen molar-refractivity contribution in [2.45, 2.75) is 19.9 Å². The highest BCUT2D eigenvalue weighted by Crippen LogP contribution is 2.40. The van der Waals surface area contributed by atoms with Gasteiger partial charge in [-0.2, -0.15) is 4.98 Å². The van der Waals surface area contributed by atoms with Crippen molar-refractivity contribution in [2.75, 3.05) is 24.4 Å². The van der Waals surface area contributed by atoms with Gasteiger partial charge in [0.1, 0.15) is 6.04 Å². The molecule has 1 aliphatic heterocycles. The van der Waals surface area contributed by atoms with Crippen molar-refractivity contribution >= 4 is 28.3 Å². The molecule has 0 spiro atoms. The van der Waals surface area contributed by atoms with E-state index < -0.39 is 6.04 Å². The fourth-order valence-electron chi connectivity index (χ4n) is 5.05. The number of aromatic nitrogens is 4. The number of carbonyl (C=O) groups excluding carboxylic acids is 1. The fourth-order valence-corrected chi connectivity index (χ4v) is 5.05. The van der Waals surface area contributed by atoms with Crippen LogP contribution in [0.3, 0.4) is 0 Å². The van der Waals surface area contributed by atoms with Crippen LogP contribution in [-0.4, -0.2) is 39.4 Å². The molecule has 1 amide bonds. The zero-order chi connectivity index (χ0) is 27.6. The predicted octanol–water partition coefficient (Wildman–Crippen LogP) is 5.83. The van der Waals surface area contributed by atoms with Crippen molar-refractivity contribution in [3.63, 3.8) is 0 Å². The number of hydrogen-bond acceptors (Lipinski definition) is 7. The molecule has 0 bridgehead atoms. The molecule has 40 heavy (non-hydrogen) atoms. The topological polar surface area (TPSA) is 103 Å². The van der Waals surface area contributed by atoms with Gasteiger partial charge < -0.3 is 20.1 Å². The van der Waals surface area contributed by atoms with E-state index in [0.29, 0.717) is 46.8 Å². The number of allylic oxidation sites excluding steroid dienone is 1. The standard InChI is InChI=1S/C31H28N6O3/c1-4-40-25-15-14-21(17-26(25)39-3)28-27(30(38)34-22-11-8-16-32-18-22)19(2)33-31-35-29(36-37(28)31)24-13-7-10-20-9-5-6-12-23(20)24/h5-18,28H,4H2,1-3H3,(H,34,38)(H,33,35,36). The first-order valence-corrected chi connectivity index (χ1v) is 13.0. The van der Waals surface area contributed by atoms with E-state index in [4.69, 9.17) is 19.6 Å². The van der Waals surface area contributed by atoms with Gasteiger partial charge in [0.25, 0.3) is 5.91 Å². The molecular weight excluding hydrogens is 504 g/mol. The number of pyridine rings is 1. The van der Waals surface area contributed by atoms with Crippen LogP contribution in [0.1, 0.15) is 25.5 Å². The Labute approximate surface area is 231 Å². The molecule has 1 atom stereocenters. The number of nitrogens with zero attached hydrogens (tertiary/aromatic N) is 4. The van der Waals surface area contributed by atoms with Gasteiger partial charge in [0.05, 0.1) is 31.2 Å². The van der Waals surface area contributed by atoms with Gasteiger partial charge in [0.15, 0.2) is 17.3 Å². The highest BCUT2D eigenvalue weighted by atomic mass is 16.5. The predicted molar refractivity (Wildman–Crippen MR) is 154 cm³/mol. The zero-order valence-corrected chi connectivity index (χ0v) is 22.4. The van der Waals surface area contributed by atoms with Crippen LogP contribution in [0.15, 0.2) is 96.5 Å². The zero-order valence-electron chi connectivity index (χ0n) is 22.4. The Bertz CT molecular complexity index is 1740. The molecule has 2 N–H and O–H groups in total. The maximum absolute atomic E-state index is 13.8. The van der Waals surface area contributed by atoms with Crippen LogP contribution in [-0.2, 0) is 4.79 Å². The first kappa shape index (κ1) is 25.1. The molecule has 5 aromatic rings. The van der Waals surface area contributed by atoms with Crippen LogP contribution in [0.25, 0.3) is 22.2 Å². The Morgan fingerprint density at radius 2 is 1.90 bits per heavy atom. The summed E-state index contributed by atoms with van der Waals surface area (Å²) in [5.41, 5.74) is 3.47. The van der Waals surface area contributed by atoms with Crippen LogP contribution in [0, 0.1) is 0 Å². The average Bonchev–Trinajstić information content (AvgIpc) is 3.40. The molecule has 3 aromatic carbocycles. The summed E-state index contributed by atoms with van der Waals surface area (Å²) in [5, 5.41) is 13.4. The summed E-state index contributed by atoms with van der Waals surface area (Å²) < 4.78 is 13.2. The number of nitrogens with one attached hydrogen (secondary N) is 2. The number of anilines is 2. The largest absolute Gasteiger partial charge is 0.493 e.